The minimum atomic E-state index is -0.00496. The molecule has 0 unspecified atom stereocenters. The maximum absolute atomic E-state index is 12.3. The fourth-order valence-corrected chi connectivity index (χ4v) is 4.40. The van der Waals surface area contributed by atoms with Crippen molar-refractivity contribution in [3.8, 4) is 11.8 Å². The van der Waals surface area contributed by atoms with Gasteiger partial charge in [0.2, 0.25) is 0 Å². The highest BCUT2D eigenvalue weighted by atomic mass is 32.2. The lowest BCUT2D eigenvalue weighted by Crippen LogP contribution is -2.35. The second kappa shape index (κ2) is 8.13. The summed E-state index contributed by atoms with van der Waals surface area (Å²) in [5, 5.41) is 0.701. The number of hydrogen-bond donors (Lipinski definition) is 1. The molecule has 2 aromatic heterocycles. The number of thioether (sulfide) groups is 1. The van der Waals surface area contributed by atoms with Gasteiger partial charge in [-0.15, -0.1) is 11.3 Å². The highest BCUT2D eigenvalue weighted by Crippen LogP contribution is 2.22. The van der Waals surface area contributed by atoms with Gasteiger partial charge in [-0.25, -0.2) is 4.98 Å². The van der Waals surface area contributed by atoms with Crippen LogP contribution in [0.5, 0.6) is 0 Å². The number of H-pyrrole nitrogens is 1. The monoisotopic (exact) mass is 393 g/mol. The maximum atomic E-state index is 12.3. The molecule has 0 saturated carbocycles. The van der Waals surface area contributed by atoms with Gasteiger partial charge in [-0.05, 0) is 30.5 Å². The molecule has 0 spiro atoms. The molecule has 3 aromatic rings. The molecule has 0 radical (unpaired) electrons. The van der Waals surface area contributed by atoms with Crippen LogP contribution in [0.25, 0.3) is 0 Å². The second-order valence-corrected chi connectivity index (χ2v) is 8.31. The zero-order valence-electron chi connectivity index (χ0n) is 15.0. The van der Waals surface area contributed by atoms with Crippen molar-refractivity contribution in [1.82, 2.24) is 14.9 Å². The molecular weight excluding hydrogens is 374 g/mol. The van der Waals surface area contributed by atoms with Crippen LogP contribution in [0.3, 0.4) is 0 Å². The van der Waals surface area contributed by atoms with Gasteiger partial charge in [-0.1, -0.05) is 41.8 Å². The number of nitrogens with zero attached hydrogens (tertiary/aromatic N) is 2. The standard InChI is InChI=1S/C21H19N3OS2/c1-26-21-22-19-11-12-24(14-18(19)20(25)23-21)13-17-10-9-16(27-17)8-7-15-5-3-2-4-6-15/h2-6,9-10H,11-14H2,1H3,(H,22,23,25). The Kier molecular flexibility index (Phi) is 5.44. The summed E-state index contributed by atoms with van der Waals surface area (Å²) < 4.78 is 0. The van der Waals surface area contributed by atoms with Crippen molar-refractivity contribution in [3.05, 3.63) is 79.4 Å². The fraction of sp³-hybridized carbons (Fsp3) is 0.238. The molecule has 136 valence electrons. The van der Waals surface area contributed by atoms with Gasteiger partial charge in [0.15, 0.2) is 5.16 Å². The van der Waals surface area contributed by atoms with Crippen LogP contribution in [0, 0.1) is 11.8 Å². The molecule has 0 bridgehead atoms. The van der Waals surface area contributed by atoms with Crippen LogP contribution in [0.15, 0.2) is 52.4 Å². The molecular formula is C21H19N3OS2. The predicted octanol–water partition coefficient (Wildman–Crippen LogP) is 3.51. The third kappa shape index (κ3) is 4.33. The molecule has 1 N–H and O–H groups in total. The summed E-state index contributed by atoms with van der Waals surface area (Å²) in [5.74, 6) is 6.44. The molecule has 27 heavy (non-hydrogen) atoms. The van der Waals surface area contributed by atoms with Crippen molar-refractivity contribution in [1.29, 1.82) is 0 Å². The van der Waals surface area contributed by atoms with Crippen molar-refractivity contribution in [2.24, 2.45) is 0 Å². The summed E-state index contributed by atoms with van der Waals surface area (Å²) in [7, 11) is 0. The van der Waals surface area contributed by atoms with Crippen molar-refractivity contribution < 1.29 is 0 Å². The van der Waals surface area contributed by atoms with Gasteiger partial charge in [0.1, 0.15) is 0 Å². The van der Waals surface area contributed by atoms with Crippen molar-refractivity contribution in [3.63, 3.8) is 0 Å². The fourth-order valence-electron chi connectivity index (χ4n) is 3.10. The quantitative estimate of drug-likeness (QED) is 0.420. The van der Waals surface area contributed by atoms with E-state index >= 15 is 0 Å². The van der Waals surface area contributed by atoms with Crippen molar-refractivity contribution in [2.45, 2.75) is 24.7 Å². The van der Waals surface area contributed by atoms with E-state index in [1.807, 2.05) is 36.6 Å². The molecule has 1 aromatic carbocycles. The van der Waals surface area contributed by atoms with Gasteiger partial charge in [0.25, 0.3) is 5.56 Å². The van der Waals surface area contributed by atoms with E-state index < -0.39 is 0 Å². The van der Waals surface area contributed by atoms with Crippen LogP contribution < -0.4 is 5.56 Å². The highest BCUT2D eigenvalue weighted by molar-refractivity contribution is 7.98. The van der Waals surface area contributed by atoms with Gasteiger partial charge in [0.05, 0.1) is 16.1 Å². The molecule has 3 heterocycles. The normalized spacial score (nSPS) is 13.7. The summed E-state index contributed by atoms with van der Waals surface area (Å²) in [4.78, 5) is 24.4. The smallest absolute Gasteiger partial charge is 0.256 e. The Morgan fingerprint density at radius 1 is 1.22 bits per heavy atom. The number of nitrogens with one attached hydrogen (secondary N) is 1. The van der Waals surface area contributed by atoms with E-state index in [0.717, 1.165) is 41.2 Å². The Morgan fingerprint density at radius 2 is 2.07 bits per heavy atom. The number of benzene rings is 1. The van der Waals surface area contributed by atoms with Gasteiger partial charge >= 0.3 is 0 Å². The first-order valence-corrected chi connectivity index (χ1v) is 10.8. The molecule has 4 rings (SSSR count). The number of aromatic nitrogens is 2. The molecule has 1 aliphatic heterocycles. The van der Waals surface area contributed by atoms with Crippen LogP contribution >= 0.6 is 23.1 Å². The Morgan fingerprint density at radius 3 is 2.89 bits per heavy atom. The molecule has 0 saturated heterocycles. The lowest BCUT2D eigenvalue weighted by Gasteiger charge is -2.27. The minimum Gasteiger partial charge on any atom is -0.301 e. The number of thiophene rings is 1. The van der Waals surface area contributed by atoms with Crippen LogP contribution in [0.4, 0.5) is 0 Å². The number of hydrogen-bond acceptors (Lipinski definition) is 5. The summed E-state index contributed by atoms with van der Waals surface area (Å²) in [6.45, 7) is 2.40. The first-order valence-electron chi connectivity index (χ1n) is 8.75. The van der Waals surface area contributed by atoms with E-state index in [2.05, 4.69) is 38.8 Å². The molecule has 1 aliphatic rings. The van der Waals surface area contributed by atoms with Crippen molar-refractivity contribution in [2.75, 3.05) is 12.8 Å². The average molecular weight is 394 g/mol. The molecule has 0 fully saturated rings. The van der Waals surface area contributed by atoms with E-state index in [9.17, 15) is 4.79 Å². The second-order valence-electron chi connectivity index (χ2n) is 6.34. The SMILES string of the molecule is CSc1nc2c(c(=O)[nH]1)CN(Cc1ccc(C#Cc3ccccc3)s1)CC2. The van der Waals surface area contributed by atoms with E-state index in [1.54, 1.807) is 11.3 Å². The summed E-state index contributed by atoms with van der Waals surface area (Å²) >= 11 is 3.19. The number of fused-ring (bicyclic) bond motifs is 1. The molecule has 6 heteroatoms. The lowest BCUT2D eigenvalue weighted by atomic mass is 10.1. The third-order valence-electron chi connectivity index (χ3n) is 4.46. The van der Waals surface area contributed by atoms with E-state index in [1.165, 1.54) is 16.6 Å². The Bertz CT molecular complexity index is 1060. The summed E-state index contributed by atoms with van der Waals surface area (Å²) in [5.41, 5.74) is 2.77. The summed E-state index contributed by atoms with van der Waals surface area (Å²) in [6, 6.07) is 14.2. The van der Waals surface area contributed by atoms with Crippen LogP contribution in [-0.4, -0.2) is 27.7 Å². The third-order valence-corrected chi connectivity index (χ3v) is 6.03. The zero-order valence-corrected chi connectivity index (χ0v) is 16.6. The van der Waals surface area contributed by atoms with Gasteiger partial charge in [-0.2, -0.15) is 0 Å². The van der Waals surface area contributed by atoms with Gasteiger partial charge in [-0.3, -0.25) is 9.69 Å². The summed E-state index contributed by atoms with van der Waals surface area (Å²) in [6.07, 6.45) is 2.74. The molecule has 0 aliphatic carbocycles. The maximum Gasteiger partial charge on any atom is 0.256 e. The van der Waals surface area contributed by atoms with Crippen LogP contribution in [0.2, 0.25) is 0 Å². The first-order chi connectivity index (χ1) is 13.2. The number of aromatic amines is 1. The first kappa shape index (κ1) is 18.1. The minimum absolute atomic E-state index is 0.00496. The topological polar surface area (TPSA) is 49.0 Å². The zero-order chi connectivity index (χ0) is 18.6. The Hall–Kier alpha value is -2.33. The van der Waals surface area contributed by atoms with E-state index in [0.29, 0.717) is 11.7 Å². The largest absolute Gasteiger partial charge is 0.301 e. The molecule has 0 atom stereocenters. The lowest BCUT2D eigenvalue weighted by molar-refractivity contribution is 0.243. The van der Waals surface area contributed by atoms with Gasteiger partial charge in [0, 0.05) is 36.5 Å². The Balaban J connectivity index is 1.45. The van der Waals surface area contributed by atoms with Crippen molar-refractivity contribution >= 4 is 23.1 Å². The highest BCUT2D eigenvalue weighted by Gasteiger charge is 2.21. The average Bonchev–Trinajstić information content (AvgIpc) is 3.15. The van der Waals surface area contributed by atoms with Gasteiger partial charge < -0.3 is 4.98 Å². The van der Waals surface area contributed by atoms with Crippen LogP contribution in [-0.2, 0) is 19.5 Å². The molecule has 4 nitrogen and oxygen atoms in total. The number of rotatable bonds is 3. The van der Waals surface area contributed by atoms with E-state index in [4.69, 9.17) is 0 Å². The van der Waals surface area contributed by atoms with Crippen LogP contribution in [0.1, 0.15) is 26.6 Å². The van der Waals surface area contributed by atoms with E-state index in [-0.39, 0.29) is 5.56 Å². The molecule has 0 amide bonds. The predicted molar refractivity (Wildman–Crippen MR) is 111 cm³/mol. The Labute approximate surface area is 166 Å².